The van der Waals surface area contributed by atoms with E-state index in [0.29, 0.717) is 18.3 Å². The van der Waals surface area contributed by atoms with Gasteiger partial charge in [0.2, 0.25) is 17.6 Å². The zero-order valence-electron chi connectivity index (χ0n) is 17.7. The number of nitrogens with zero attached hydrogens (tertiary/aromatic N) is 3. The minimum absolute atomic E-state index is 0.00380. The van der Waals surface area contributed by atoms with E-state index in [1.807, 2.05) is 48.5 Å². The molecule has 8 heteroatoms. The quantitative estimate of drug-likeness (QED) is 0.622. The van der Waals surface area contributed by atoms with Gasteiger partial charge >= 0.3 is 0 Å². The average molecular weight is 422 g/mol. The number of amides is 1. The highest BCUT2D eigenvalue weighted by Gasteiger charge is 2.26. The molecule has 3 aromatic rings. The first kappa shape index (κ1) is 20.9. The number of aromatic nitrogens is 2. The second-order valence-electron chi connectivity index (χ2n) is 7.51. The van der Waals surface area contributed by atoms with Crippen LogP contribution in [-0.2, 0) is 11.3 Å². The zero-order valence-corrected chi connectivity index (χ0v) is 17.7. The van der Waals surface area contributed by atoms with Crippen molar-refractivity contribution in [2.75, 3.05) is 32.6 Å². The summed E-state index contributed by atoms with van der Waals surface area (Å²) < 4.78 is 15.7. The van der Waals surface area contributed by atoms with Gasteiger partial charge < -0.3 is 19.3 Å². The zero-order chi connectivity index (χ0) is 21.6. The van der Waals surface area contributed by atoms with Crippen molar-refractivity contribution in [3.63, 3.8) is 0 Å². The molecule has 1 amide bonds. The van der Waals surface area contributed by atoms with Crippen LogP contribution in [0.3, 0.4) is 0 Å². The summed E-state index contributed by atoms with van der Waals surface area (Å²) in [5, 5.41) is 7.08. The van der Waals surface area contributed by atoms with Crippen LogP contribution < -0.4 is 14.8 Å². The minimum atomic E-state index is -0.00380. The van der Waals surface area contributed by atoms with E-state index in [9.17, 15) is 4.79 Å². The summed E-state index contributed by atoms with van der Waals surface area (Å²) in [5.74, 6) is 2.74. The van der Waals surface area contributed by atoms with E-state index in [4.69, 9.17) is 14.0 Å². The van der Waals surface area contributed by atoms with E-state index in [1.54, 1.807) is 14.2 Å². The Morgan fingerprint density at radius 2 is 1.65 bits per heavy atom. The minimum Gasteiger partial charge on any atom is -0.497 e. The molecular weight excluding hydrogens is 396 g/mol. The number of piperidine rings is 1. The number of carbonyl (C=O) groups is 1. The van der Waals surface area contributed by atoms with E-state index in [2.05, 4.69) is 20.4 Å². The maximum absolute atomic E-state index is 12.6. The Bertz CT molecular complexity index is 993. The lowest BCUT2D eigenvalue weighted by atomic mass is 9.96. The number of likely N-dealkylation sites (tertiary alicyclic amines) is 1. The fourth-order valence-electron chi connectivity index (χ4n) is 3.64. The molecule has 1 aromatic heterocycles. The summed E-state index contributed by atoms with van der Waals surface area (Å²) in [6.07, 6.45) is 1.59. The third-order valence-corrected chi connectivity index (χ3v) is 5.49. The van der Waals surface area contributed by atoms with Crippen LogP contribution in [0.25, 0.3) is 11.4 Å². The lowest BCUT2D eigenvalue weighted by molar-refractivity contribution is -0.121. The number of ether oxygens (including phenoxy) is 2. The first-order valence-corrected chi connectivity index (χ1v) is 10.3. The van der Waals surface area contributed by atoms with Crippen molar-refractivity contribution in [1.29, 1.82) is 0 Å². The molecule has 1 fully saturated rings. The Morgan fingerprint density at radius 3 is 2.26 bits per heavy atom. The van der Waals surface area contributed by atoms with Gasteiger partial charge in [0.25, 0.3) is 0 Å². The lowest BCUT2D eigenvalue weighted by Gasteiger charge is -2.30. The van der Waals surface area contributed by atoms with Crippen molar-refractivity contribution in [2.24, 2.45) is 5.92 Å². The molecule has 162 valence electrons. The molecule has 0 atom stereocenters. The molecule has 0 aliphatic carbocycles. The predicted molar refractivity (Wildman–Crippen MR) is 116 cm³/mol. The topological polar surface area (TPSA) is 89.7 Å². The van der Waals surface area contributed by atoms with Gasteiger partial charge in [-0.15, -0.1) is 0 Å². The third kappa shape index (κ3) is 5.21. The van der Waals surface area contributed by atoms with Crippen LogP contribution in [0.15, 0.2) is 53.1 Å². The van der Waals surface area contributed by atoms with E-state index in [-0.39, 0.29) is 11.8 Å². The number of hydrogen-bond donors (Lipinski definition) is 1. The van der Waals surface area contributed by atoms with Gasteiger partial charge in [-0.2, -0.15) is 4.98 Å². The molecule has 31 heavy (non-hydrogen) atoms. The molecule has 0 bridgehead atoms. The number of carbonyl (C=O) groups excluding carboxylic acids is 1. The monoisotopic (exact) mass is 422 g/mol. The molecule has 1 aliphatic heterocycles. The Morgan fingerprint density at radius 1 is 1.03 bits per heavy atom. The standard InChI is InChI=1S/C23H26N4O4/c1-29-19-7-3-16(4-8-19)22-25-21(31-26-22)15-27-13-11-17(12-14-27)23(28)24-18-5-9-20(30-2)10-6-18/h3-10,17H,11-15H2,1-2H3,(H,24,28). The maximum Gasteiger partial charge on any atom is 0.241 e. The second kappa shape index (κ2) is 9.61. The normalized spacial score (nSPS) is 14.9. The highest BCUT2D eigenvalue weighted by molar-refractivity contribution is 5.92. The van der Waals surface area contributed by atoms with Gasteiger partial charge in [0, 0.05) is 17.2 Å². The summed E-state index contributed by atoms with van der Waals surface area (Å²) in [7, 11) is 3.25. The van der Waals surface area contributed by atoms with Gasteiger partial charge in [0.1, 0.15) is 11.5 Å². The van der Waals surface area contributed by atoms with E-state index in [0.717, 1.165) is 48.7 Å². The van der Waals surface area contributed by atoms with Gasteiger partial charge in [0.05, 0.1) is 20.8 Å². The SMILES string of the molecule is COc1ccc(NC(=O)C2CCN(Cc3nc(-c4ccc(OC)cc4)no3)CC2)cc1. The number of hydrogen-bond acceptors (Lipinski definition) is 7. The fraction of sp³-hybridized carbons (Fsp3) is 0.348. The van der Waals surface area contributed by atoms with Crippen LogP contribution in [0.5, 0.6) is 11.5 Å². The maximum atomic E-state index is 12.6. The van der Waals surface area contributed by atoms with Crippen molar-refractivity contribution in [3.8, 4) is 22.9 Å². The van der Waals surface area contributed by atoms with E-state index < -0.39 is 0 Å². The molecule has 0 spiro atoms. The van der Waals surface area contributed by atoms with Crippen molar-refractivity contribution >= 4 is 11.6 Å². The molecule has 1 saturated heterocycles. The Balaban J connectivity index is 1.27. The van der Waals surface area contributed by atoms with Crippen LogP contribution in [0.4, 0.5) is 5.69 Å². The molecule has 2 aromatic carbocycles. The number of methoxy groups -OCH3 is 2. The summed E-state index contributed by atoms with van der Waals surface area (Å²) >= 11 is 0. The molecule has 4 rings (SSSR count). The Labute approximate surface area is 181 Å². The Hall–Kier alpha value is -3.39. The largest absolute Gasteiger partial charge is 0.497 e. The molecular formula is C23H26N4O4. The van der Waals surface area contributed by atoms with Crippen LogP contribution in [-0.4, -0.2) is 48.3 Å². The highest BCUT2D eigenvalue weighted by atomic mass is 16.5. The number of rotatable bonds is 7. The summed E-state index contributed by atoms with van der Waals surface area (Å²) in [6, 6.07) is 14.9. The Kier molecular flexibility index (Phi) is 6.47. The van der Waals surface area contributed by atoms with Crippen LogP contribution in [0, 0.1) is 5.92 Å². The molecule has 8 nitrogen and oxygen atoms in total. The fourth-order valence-corrected chi connectivity index (χ4v) is 3.64. The van der Waals surface area contributed by atoms with Crippen molar-refractivity contribution in [1.82, 2.24) is 15.0 Å². The number of nitrogens with one attached hydrogen (secondary N) is 1. The van der Waals surface area contributed by atoms with Gasteiger partial charge in [-0.3, -0.25) is 9.69 Å². The summed E-state index contributed by atoms with van der Waals surface area (Å²) in [6.45, 7) is 2.19. The van der Waals surface area contributed by atoms with Gasteiger partial charge in [-0.1, -0.05) is 5.16 Å². The lowest BCUT2D eigenvalue weighted by Crippen LogP contribution is -2.37. The van der Waals surface area contributed by atoms with Crippen molar-refractivity contribution < 1.29 is 18.8 Å². The van der Waals surface area contributed by atoms with Gasteiger partial charge in [-0.25, -0.2) is 0 Å². The first-order valence-electron chi connectivity index (χ1n) is 10.3. The van der Waals surface area contributed by atoms with E-state index >= 15 is 0 Å². The number of anilines is 1. The van der Waals surface area contributed by atoms with Crippen LogP contribution in [0.2, 0.25) is 0 Å². The highest BCUT2D eigenvalue weighted by Crippen LogP contribution is 2.23. The van der Waals surface area contributed by atoms with Gasteiger partial charge in [0.15, 0.2) is 0 Å². The molecule has 0 saturated carbocycles. The third-order valence-electron chi connectivity index (χ3n) is 5.49. The molecule has 1 N–H and O–H groups in total. The summed E-state index contributed by atoms with van der Waals surface area (Å²) in [5.41, 5.74) is 1.66. The van der Waals surface area contributed by atoms with Gasteiger partial charge in [-0.05, 0) is 74.5 Å². The van der Waals surface area contributed by atoms with Crippen LogP contribution in [0.1, 0.15) is 18.7 Å². The second-order valence-corrected chi connectivity index (χ2v) is 7.51. The first-order chi connectivity index (χ1) is 15.1. The molecule has 0 unspecified atom stereocenters. The molecule has 0 radical (unpaired) electrons. The summed E-state index contributed by atoms with van der Waals surface area (Å²) in [4.78, 5) is 19.3. The number of benzene rings is 2. The van der Waals surface area contributed by atoms with Crippen molar-refractivity contribution in [2.45, 2.75) is 19.4 Å². The molecule has 1 aliphatic rings. The smallest absolute Gasteiger partial charge is 0.241 e. The predicted octanol–water partition coefficient (Wildman–Crippen LogP) is 3.60. The van der Waals surface area contributed by atoms with Crippen LogP contribution >= 0.6 is 0 Å². The van der Waals surface area contributed by atoms with Crippen molar-refractivity contribution in [3.05, 3.63) is 54.4 Å². The molecule has 2 heterocycles. The average Bonchev–Trinajstić information content (AvgIpc) is 3.28. The van der Waals surface area contributed by atoms with E-state index in [1.165, 1.54) is 0 Å².